The number of rotatable bonds is 4. The van der Waals surface area contributed by atoms with Crippen molar-refractivity contribution in [2.24, 2.45) is 0 Å². The average molecular weight is 271 g/mol. The van der Waals surface area contributed by atoms with Crippen molar-refractivity contribution in [3.63, 3.8) is 0 Å². The number of anilines is 1. The molecule has 0 radical (unpaired) electrons. The fourth-order valence-corrected chi connectivity index (χ4v) is 2.57. The van der Waals surface area contributed by atoms with Crippen molar-refractivity contribution in [3.05, 3.63) is 30.0 Å². The number of nitrogens with one attached hydrogen (secondary N) is 2. The Bertz CT molecular complexity index is 671. The summed E-state index contributed by atoms with van der Waals surface area (Å²) in [5.74, 6) is -1.76. The van der Waals surface area contributed by atoms with Gasteiger partial charge in [0.15, 0.2) is 0 Å². The van der Waals surface area contributed by atoms with E-state index in [4.69, 9.17) is 9.52 Å². The van der Waals surface area contributed by atoms with Crippen molar-refractivity contribution in [3.8, 4) is 0 Å². The third kappa shape index (κ3) is 2.20. The molecule has 2 aromatic heterocycles. The summed E-state index contributed by atoms with van der Waals surface area (Å²) in [5.41, 5.74) is 0.243. The largest absolute Gasteiger partial charge is 0.475 e. The number of furan rings is 1. The van der Waals surface area contributed by atoms with Gasteiger partial charge in [-0.15, -0.1) is 0 Å². The lowest BCUT2D eigenvalue weighted by Gasteiger charge is -2.03. The van der Waals surface area contributed by atoms with Gasteiger partial charge in [0, 0.05) is 12.3 Å². The van der Waals surface area contributed by atoms with Crippen LogP contribution in [0.2, 0.25) is 0 Å². The molecule has 0 fully saturated rings. The van der Waals surface area contributed by atoms with Gasteiger partial charge >= 0.3 is 5.97 Å². The minimum Gasteiger partial charge on any atom is -0.475 e. The maximum absolute atomic E-state index is 12.0. The van der Waals surface area contributed by atoms with Crippen molar-refractivity contribution in [2.75, 3.05) is 4.72 Å². The molecule has 8 nitrogen and oxygen atoms in total. The van der Waals surface area contributed by atoms with Crippen LogP contribution in [0.1, 0.15) is 16.3 Å². The Balaban J connectivity index is 2.38. The number of carbonyl (C=O) groups is 1. The topological polar surface area (TPSA) is 125 Å². The van der Waals surface area contributed by atoms with Crippen LogP contribution in [-0.2, 0) is 10.0 Å². The molecule has 3 N–H and O–H groups in total. The first kappa shape index (κ1) is 12.2. The minimum absolute atomic E-state index is 0.00314. The van der Waals surface area contributed by atoms with E-state index in [1.54, 1.807) is 0 Å². The number of H-pyrrole nitrogens is 1. The quantitative estimate of drug-likeness (QED) is 0.755. The Morgan fingerprint density at radius 3 is 2.78 bits per heavy atom. The van der Waals surface area contributed by atoms with Gasteiger partial charge in [-0.05, 0) is 6.92 Å². The molecule has 96 valence electrons. The normalized spacial score (nSPS) is 11.4. The van der Waals surface area contributed by atoms with Crippen molar-refractivity contribution in [1.82, 2.24) is 10.2 Å². The number of aromatic nitrogens is 2. The third-order valence-corrected chi connectivity index (χ3v) is 3.61. The van der Waals surface area contributed by atoms with E-state index in [2.05, 4.69) is 14.9 Å². The van der Waals surface area contributed by atoms with E-state index >= 15 is 0 Å². The first-order chi connectivity index (χ1) is 8.40. The average Bonchev–Trinajstić information content (AvgIpc) is 2.86. The number of aryl methyl sites for hydroxylation is 1. The molecular formula is C9H9N3O5S. The summed E-state index contributed by atoms with van der Waals surface area (Å²) in [7, 11) is -3.89. The van der Waals surface area contributed by atoms with Crippen molar-refractivity contribution < 1.29 is 22.7 Å². The van der Waals surface area contributed by atoms with Crippen molar-refractivity contribution in [2.45, 2.75) is 11.8 Å². The summed E-state index contributed by atoms with van der Waals surface area (Å²) in [4.78, 5) is 10.5. The number of aromatic carboxylic acids is 1. The van der Waals surface area contributed by atoms with Gasteiger partial charge < -0.3 is 9.52 Å². The molecule has 0 saturated heterocycles. The van der Waals surface area contributed by atoms with Gasteiger partial charge in [0.25, 0.3) is 10.0 Å². The monoisotopic (exact) mass is 271 g/mol. The molecule has 0 aromatic carbocycles. The Labute approximate surface area is 102 Å². The second kappa shape index (κ2) is 4.18. The SMILES string of the molecule is Cc1oc(C(=O)O)cc1S(=O)(=O)Nc1cn[nH]c1. The highest BCUT2D eigenvalue weighted by Crippen LogP contribution is 2.22. The standard InChI is InChI=1S/C9H9N3O5S/c1-5-8(2-7(17-5)9(13)14)18(15,16)12-6-3-10-11-4-6/h2-4,12H,1H3,(H,10,11)(H,13,14). The zero-order chi connectivity index (χ0) is 13.3. The highest BCUT2D eigenvalue weighted by Gasteiger charge is 2.24. The smallest absolute Gasteiger partial charge is 0.371 e. The van der Waals surface area contributed by atoms with Crippen LogP contribution in [0.15, 0.2) is 27.8 Å². The molecule has 0 aliphatic carbocycles. The maximum Gasteiger partial charge on any atom is 0.371 e. The molecule has 0 unspecified atom stereocenters. The molecule has 2 rings (SSSR count). The van der Waals surface area contributed by atoms with E-state index in [1.165, 1.54) is 19.3 Å². The van der Waals surface area contributed by atoms with E-state index in [1.807, 2.05) is 0 Å². The lowest BCUT2D eigenvalue weighted by Crippen LogP contribution is -2.12. The van der Waals surface area contributed by atoms with Crippen LogP contribution in [0, 0.1) is 6.92 Å². The van der Waals surface area contributed by atoms with E-state index in [9.17, 15) is 13.2 Å². The molecule has 0 atom stereocenters. The first-order valence-electron chi connectivity index (χ1n) is 4.75. The van der Waals surface area contributed by atoms with E-state index in [0.717, 1.165) is 6.07 Å². The van der Waals surface area contributed by atoms with Crippen LogP contribution in [0.4, 0.5) is 5.69 Å². The van der Waals surface area contributed by atoms with Gasteiger partial charge in [-0.2, -0.15) is 5.10 Å². The number of aromatic amines is 1. The Kier molecular flexibility index (Phi) is 2.83. The van der Waals surface area contributed by atoms with Gasteiger partial charge in [-0.3, -0.25) is 9.82 Å². The van der Waals surface area contributed by atoms with Crippen molar-refractivity contribution in [1.29, 1.82) is 0 Å². The van der Waals surface area contributed by atoms with Gasteiger partial charge in [0.05, 0.1) is 11.9 Å². The fourth-order valence-electron chi connectivity index (χ4n) is 1.35. The van der Waals surface area contributed by atoms with Gasteiger partial charge in [-0.25, -0.2) is 13.2 Å². The fraction of sp³-hybridized carbons (Fsp3) is 0.111. The van der Waals surface area contributed by atoms with Crippen LogP contribution in [0.3, 0.4) is 0 Å². The van der Waals surface area contributed by atoms with Crippen LogP contribution in [0.5, 0.6) is 0 Å². The summed E-state index contributed by atoms with van der Waals surface area (Å²) in [6.07, 6.45) is 2.64. The molecular weight excluding hydrogens is 262 g/mol. The molecule has 0 aliphatic heterocycles. The molecule has 9 heteroatoms. The summed E-state index contributed by atoms with van der Waals surface area (Å²) in [6, 6.07) is 0.958. The van der Waals surface area contributed by atoms with E-state index in [0.29, 0.717) is 0 Å². The molecule has 0 saturated carbocycles. The Morgan fingerprint density at radius 2 is 2.28 bits per heavy atom. The van der Waals surface area contributed by atoms with E-state index in [-0.39, 0.29) is 16.3 Å². The Morgan fingerprint density at radius 1 is 1.56 bits per heavy atom. The van der Waals surface area contributed by atoms with E-state index < -0.39 is 21.8 Å². The summed E-state index contributed by atoms with van der Waals surface area (Å²) >= 11 is 0. The molecule has 2 heterocycles. The third-order valence-electron chi connectivity index (χ3n) is 2.12. The molecule has 2 aromatic rings. The minimum atomic E-state index is -3.89. The highest BCUT2D eigenvalue weighted by molar-refractivity contribution is 7.92. The molecule has 0 amide bonds. The first-order valence-corrected chi connectivity index (χ1v) is 6.24. The van der Waals surface area contributed by atoms with Gasteiger partial charge in [0.2, 0.25) is 5.76 Å². The number of carboxylic acids is 1. The molecule has 0 bridgehead atoms. The molecule has 0 aliphatic rings. The number of nitrogens with zero attached hydrogens (tertiary/aromatic N) is 1. The van der Waals surface area contributed by atoms with Gasteiger partial charge in [0.1, 0.15) is 10.7 Å². The molecule has 18 heavy (non-hydrogen) atoms. The number of hydrogen-bond acceptors (Lipinski definition) is 5. The highest BCUT2D eigenvalue weighted by atomic mass is 32.2. The van der Waals surface area contributed by atoms with Crippen LogP contribution < -0.4 is 4.72 Å². The number of carboxylic acid groups (broad SMARTS) is 1. The second-order valence-electron chi connectivity index (χ2n) is 3.43. The zero-order valence-electron chi connectivity index (χ0n) is 9.17. The summed E-state index contributed by atoms with van der Waals surface area (Å²) in [6.45, 7) is 1.37. The lowest BCUT2D eigenvalue weighted by molar-refractivity contribution is 0.0661. The predicted molar refractivity (Wildman–Crippen MR) is 59.8 cm³/mol. The summed E-state index contributed by atoms with van der Waals surface area (Å²) in [5, 5.41) is 14.8. The predicted octanol–water partition coefficient (Wildman–Crippen LogP) is 0.810. The Hall–Kier alpha value is -2.29. The molecule has 0 spiro atoms. The number of sulfonamides is 1. The van der Waals surface area contributed by atoms with Crippen LogP contribution in [-0.4, -0.2) is 29.7 Å². The second-order valence-corrected chi connectivity index (χ2v) is 5.08. The summed E-state index contributed by atoms with van der Waals surface area (Å²) < 4.78 is 31.0. The zero-order valence-corrected chi connectivity index (χ0v) is 9.98. The van der Waals surface area contributed by atoms with Crippen LogP contribution >= 0.6 is 0 Å². The number of hydrogen-bond donors (Lipinski definition) is 3. The maximum atomic E-state index is 12.0. The lowest BCUT2D eigenvalue weighted by atomic mass is 10.4. The van der Waals surface area contributed by atoms with Crippen LogP contribution in [0.25, 0.3) is 0 Å². The van der Waals surface area contributed by atoms with Gasteiger partial charge in [-0.1, -0.05) is 0 Å². The van der Waals surface area contributed by atoms with Crippen molar-refractivity contribution >= 4 is 21.7 Å².